The highest BCUT2D eigenvalue weighted by Crippen LogP contribution is 2.39. The Hall–Kier alpha value is -1.15. The molecule has 1 saturated heterocycles. The van der Waals surface area contributed by atoms with E-state index in [1.165, 1.54) is 17.4 Å². The monoisotopic (exact) mass is 310 g/mol. The van der Waals surface area contributed by atoms with Gasteiger partial charge in [0.2, 0.25) is 0 Å². The second-order valence-corrected chi connectivity index (χ2v) is 6.92. The molecule has 0 radical (unpaired) electrons. The zero-order chi connectivity index (χ0) is 15.8. The first-order valence-electron chi connectivity index (χ1n) is 6.66. The van der Waals surface area contributed by atoms with Gasteiger partial charge in [-0.05, 0) is 50.7 Å². The van der Waals surface area contributed by atoms with Gasteiger partial charge < -0.3 is 19.5 Å². The van der Waals surface area contributed by atoms with Gasteiger partial charge in [0, 0.05) is 4.88 Å². The lowest BCUT2D eigenvalue weighted by Gasteiger charge is -2.32. The molecule has 114 valence electrons. The van der Waals surface area contributed by atoms with Crippen LogP contribution in [0.3, 0.4) is 0 Å². The van der Waals surface area contributed by atoms with E-state index < -0.39 is 24.3 Å². The van der Waals surface area contributed by atoms with Crippen LogP contribution in [0, 0.1) is 0 Å². The molecule has 2 heterocycles. The summed E-state index contributed by atoms with van der Waals surface area (Å²) in [5.74, 6) is -0.992. The molecule has 1 fully saturated rings. The molecule has 21 heavy (non-hydrogen) atoms. The summed E-state index contributed by atoms with van der Waals surface area (Å²) in [5.41, 5.74) is -0.283. The SMILES string of the molecule is CC1(C)OB(C(=Cc2sccc2C(=O)O)CO)OC1(C)C. The molecular weight excluding hydrogens is 291 g/mol. The quantitative estimate of drug-likeness (QED) is 0.836. The van der Waals surface area contributed by atoms with Gasteiger partial charge in [0.05, 0.1) is 23.4 Å². The lowest BCUT2D eigenvalue weighted by atomic mass is 9.78. The predicted molar refractivity (Wildman–Crippen MR) is 82.4 cm³/mol. The van der Waals surface area contributed by atoms with Crippen molar-refractivity contribution in [1.82, 2.24) is 0 Å². The van der Waals surface area contributed by atoms with Gasteiger partial charge in [-0.25, -0.2) is 4.79 Å². The normalized spacial score (nSPS) is 20.8. The molecular formula is C14H19BO5S. The Morgan fingerprint density at radius 2 is 1.90 bits per heavy atom. The fraction of sp³-hybridized carbons (Fsp3) is 0.500. The summed E-state index contributed by atoms with van der Waals surface area (Å²) in [6.45, 7) is 7.45. The second kappa shape index (κ2) is 5.57. The van der Waals surface area contributed by atoms with Crippen LogP contribution in [0.2, 0.25) is 0 Å². The topological polar surface area (TPSA) is 76.0 Å². The number of aliphatic hydroxyl groups excluding tert-OH is 1. The van der Waals surface area contributed by atoms with E-state index in [0.717, 1.165) is 0 Å². The summed E-state index contributed by atoms with van der Waals surface area (Å²) in [6, 6.07) is 1.54. The maximum atomic E-state index is 11.1. The fourth-order valence-electron chi connectivity index (χ4n) is 1.96. The summed E-state index contributed by atoms with van der Waals surface area (Å²) in [6.07, 6.45) is 1.64. The molecule has 0 bridgehead atoms. The molecule has 1 aromatic heterocycles. The average Bonchev–Trinajstić information content (AvgIpc) is 2.89. The molecule has 0 aliphatic carbocycles. The van der Waals surface area contributed by atoms with E-state index in [1.54, 1.807) is 11.5 Å². The lowest BCUT2D eigenvalue weighted by Crippen LogP contribution is -2.41. The van der Waals surface area contributed by atoms with Crippen LogP contribution in [0.5, 0.6) is 0 Å². The van der Waals surface area contributed by atoms with Crippen molar-refractivity contribution in [2.45, 2.75) is 38.9 Å². The molecule has 0 spiro atoms. The Morgan fingerprint density at radius 1 is 1.33 bits per heavy atom. The number of carbonyl (C=O) groups is 1. The number of carboxylic acid groups (broad SMARTS) is 1. The molecule has 1 aliphatic rings. The van der Waals surface area contributed by atoms with Crippen molar-refractivity contribution in [3.05, 3.63) is 27.4 Å². The van der Waals surface area contributed by atoms with E-state index >= 15 is 0 Å². The van der Waals surface area contributed by atoms with Crippen LogP contribution in [0.4, 0.5) is 0 Å². The van der Waals surface area contributed by atoms with E-state index in [2.05, 4.69) is 0 Å². The summed E-state index contributed by atoms with van der Waals surface area (Å²) < 4.78 is 11.7. The van der Waals surface area contributed by atoms with E-state index in [1.807, 2.05) is 27.7 Å². The highest BCUT2D eigenvalue weighted by Gasteiger charge is 2.52. The van der Waals surface area contributed by atoms with E-state index in [-0.39, 0.29) is 12.2 Å². The summed E-state index contributed by atoms with van der Waals surface area (Å²) in [4.78, 5) is 11.7. The first-order chi connectivity index (χ1) is 9.68. The van der Waals surface area contributed by atoms with Crippen molar-refractivity contribution in [3.63, 3.8) is 0 Å². The number of hydrogen-bond donors (Lipinski definition) is 2. The minimum atomic E-state index is -0.992. The number of carboxylic acids is 1. The summed E-state index contributed by atoms with van der Waals surface area (Å²) in [5, 5.41) is 20.4. The minimum Gasteiger partial charge on any atom is -0.478 e. The molecule has 7 heteroatoms. The molecule has 1 aromatic rings. The Morgan fingerprint density at radius 3 is 2.38 bits per heavy atom. The van der Waals surface area contributed by atoms with Gasteiger partial charge in [0.25, 0.3) is 0 Å². The van der Waals surface area contributed by atoms with Crippen LogP contribution in [0.1, 0.15) is 42.9 Å². The van der Waals surface area contributed by atoms with Gasteiger partial charge in [0.15, 0.2) is 0 Å². The van der Waals surface area contributed by atoms with Crippen LogP contribution in [-0.4, -0.2) is 41.1 Å². The lowest BCUT2D eigenvalue weighted by molar-refractivity contribution is 0.00578. The Bertz CT molecular complexity index is 560. The van der Waals surface area contributed by atoms with E-state index in [4.69, 9.17) is 14.4 Å². The molecule has 0 atom stereocenters. The first-order valence-corrected chi connectivity index (χ1v) is 7.53. The molecule has 0 aromatic carbocycles. The molecule has 0 saturated carbocycles. The van der Waals surface area contributed by atoms with Gasteiger partial charge in [-0.3, -0.25) is 0 Å². The molecule has 0 amide bonds. The Balaban J connectivity index is 2.31. The van der Waals surface area contributed by atoms with Crippen LogP contribution in [-0.2, 0) is 9.31 Å². The molecule has 5 nitrogen and oxygen atoms in total. The number of aliphatic hydroxyl groups is 1. The number of hydrogen-bond acceptors (Lipinski definition) is 5. The smallest absolute Gasteiger partial charge is 0.478 e. The van der Waals surface area contributed by atoms with Gasteiger partial charge in [-0.15, -0.1) is 11.3 Å². The molecule has 2 N–H and O–H groups in total. The third kappa shape index (κ3) is 3.06. The fourth-order valence-corrected chi connectivity index (χ4v) is 2.81. The van der Waals surface area contributed by atoms with Crippen LogP contribution in [0.25, 0.3) is 6.08 Å². The van der Waals surface area contributed by atoms with E-state index in [0.29, 0.717) is 10.3 Å². The predicted octanol–water partition coefficient (Wildman–Crippen LogP) is 2.45. The summed E-state index contributed by atoms with van der Waals surface area (Å²) >= 11 is 1.30. The van der Waals surface area contributed by atoms with Crippen molar-refractivity contribution < 1.29 is 24.3 Å². The zero-order valence-electron chi connectivity index (χ0n) is 12.5. The molecule has 0 unspecified atom stereocenters. The minimum absolute atomic E-state index is 0.211. The number of thiophene rings is 1. The molecule has 2 rings (SSSR count). The largest absolute Gasteiger partial charge is 0.492 e. The Labute approximate surface area is 128 Å². The van der Waals surface area contributed by atoms with Crippen molar-refractivity contribution >= 4 is 30.5 Å². The van der Waals surface area contributed by atoms with Crippen molar-refractivity contribution in [3.8, 4) is 0 Å². The van der Waals surface area contributed by atoms with Crippen LogP contribution < -0.4 is 0 Å². The van der Waals surface area contributed by atoms with Crippen molar-refractivity contribution in [2.24, 2.45) is 0 Å². The Kier molecular flexibility index (Phi) is 4.30. The van der Waals surface area contributed by atoms with E-state index in [9.17, 15) is 9.90 Å². The van der Waals surface area contributed by atoms with Crippen molar-refractivity contribution in [2.75, 3.05) is 6.61 Å². The van der Waals surface area contributed by atoms with Gasteiger partial charge in [0.1, 0.15) is 0 Å². The average molecular weight is 310 g/mol. The summed E-state index contributed by atoms with van der Waals surface area (Å²) in [7, 11) is -0.677. The second-order valence-electron chi connectivity index (χ2n) is 5.97. The van der Waals surface area contributed by atoms with Gasteiger partial charge >= 0.3 is 13.1 Å². The highest BCUT2D eigenvalue weighted by molar-refractivity contribution is 7.11. The highest BCUT2D eigenvalue weighted by atomic mass is 32.1. The third-order valence-electron chi connectivity index (χ3n) is 3.98. The van der Waals surface area contributed by atoms with Crippen LogP contribution in [0.15, 0.2) is 16.9 Å². The number of aromatic carboxylic acids is 1. The number of rotatable bonds is 4. The maximum Gasteiger partial charge on any atom is 0.492 e. The maximum absolute atomic E-state index is 11.1. The standard InChI is InChI=1S/C14H19BO5S/c1-13(2)14(3,4)20-15(19-13)9(8-16)7-11-10(12(17)18)5-6-21-11/h5-7,16H,8H2,1-4H3,(H,17,18). The van der Waals surface area contributed by atoms with Crippen LogP contribution >= 0.6 is 11.3 Å². The third-order valence-corrected chi connectivity index (χ3v) is 4.84. The zero-order valence-corrected chi connectivity index (χ0v) is 13.4. The first kappa shape index (κ1) is 16.2. The molecule has 1 aliphatic heterocycles. The van der Waals surface area contributed by atoms with Crippen molar-refractivity contribution in [1.29, 1.82) is 0 Å². The van der Waals surface area contributed by atoms with Gasteiger partial charge in [-0.1, -0.05) is 0 Å². The van der Waals surface area contributed by atoms with Gasteiger partial charge in [-0.2, -0.15) is 0 Å².